The zero-order valence-electron chi connectivity index (χ0n) is 8.14. The summed E-state index contributed by atoms with van der Waals surface area (Å²) in [7, 11) is 0. The summed E-state index contributed by atoms with van der Waals surface area (Å²) in [5.41, 5.74) is 5.81. The standard InChI is InChI=1S/C10H21NO/c1-2-3-9-12-10(11)7-5-4-6-8-10/h2-9,11H2,1H3. The van der Waals surface area contributed by atoms with Gasteiger partial charge in [0.2, 0.25) is 0 Å². The van der Waals surface area contributed by atoms with Crippen molar-refractivity contribution in [3.05, 3.63) is 0 Å². The third kappa shape index (κ3) is 3.11. The maximum atomic E-state index is 6.08. The lowest BCUT2D eigenvalue weighted by Crippen LogP contribution is -2.44. The summed E-state index contributed by atoms with van der Waals surface area (Å²) < 4.78 is 5.69. The Morgan fingerprint density at radius 2 is 1.92 bits per heavy atom. The molecule has 1 fully saturated rings. The molecule has 0 aromatic carbocycles. The highest BCUT2D eigenvalue weighted by Gasteiger charge is 2.27. The Balaban J connectivity index is 2.17. The van der Waals surface area contributed by atoms with Crippen LogP contribution in [-0.4, -0.2) is 12.3 Å². The maximum Gasteiger partial charge on any atom is 0.116 e. The minimum atomic E-state index is -0.270. The molecule has 0 bridgehead atoms. The van der Waals surface area contributed by atoms with Crippen LogP contribution in [-0.2, 0) is 4.74 Å². The molecule has 2 N–H and O–H groups in total. The van der Waals surface area contributed by atoms with Crippen molar-refractivity contribution in [2.75, 3.05) is 6.61 Å². The van der Waals surface area contributed by atoms with Crippen molar-refractivity contribution in [1.82, 2.24) is 0 Å². The Hall–Kier alpha value is -0.0800. The molecule has 1 rings (SSSR count). The first-order valence-electron chi connectivity index (χ1n) is 5.20. The van der Waals surface area contributed by atoms with Gasteiger partial charge in [-0.15, -0.1) is 0 Å². The van der Waals surface area contributed by atoms with E-state index in [1.807, 2.05) is 0 Å². The molecule has 0 unspecified atom stereocenters. The zero-order chi connectivity index (χ0) is 8.86. The molecular weight excluding hydrogens is 150 g/mol. The van der Waals surface area contributed by atoms with Gasteiger partial charge in [0, 0.05) is 6.61 Å². The topological polar surface area (TPSA) is 35.2 Å². The second kappa shape index (κ2) is 4.83. The van der Waals surface area contributed by atoms with E-state index in [1.54, 1.807) is 0 Å². The highest BCUT2D eigenvalue weighted by atomic mass is 16.5. The Kier molecular flexibility index (Phi) is 4.02. The van der Waals surface area contributed by atoms with Crippen LogP contribution in [0.3, 0.4) is 0 Å². The number of hydrogen-bond acceptors (Lipinski definition) is 2. The SMILES string of the molecule is CCCCOC1(N)CCCCC1. The van der Waals surface area contributed by atoms with Crippen LogP contribution in [0, 0.1) is 0 Å². The van der Waals surface area contributed by atoms with E-state index in [0.717, 1.165) is 25.9 Å². The normalized spacial score (nSPS) is 22.5. The number of nitrogens with two attached hydrogens (primary N) is 1. The van der Waals surface area contributed by atoms with Crippen molar-refractivity contribution >= 4 is 0 Å². The van der Waals surface area contributed by atoms with E-state index in [0.29, 0.717) is 0 Å². The molecule has 72 valence electrons. The maximum absolute atomic E-state index is 6.08. The lowest BCUT2D eigenvalue weighted by atomic mass is 9.92. The van der Waals surface area contributed by atoms with Crippen molar-refractivity contribution in [3.8, 4) is 0 Å². The fourth-order valence-corrected chi connectivity index (χ4v) is 1.71. The minimum absolute atomic E-state index is 0.270. The predicted molar refractivity (Wildman–Crippen MR) is 50.9 cm³/mol. The smallest absolute Gasteiger partial charge is 0.116 e. The highest BCUT2D eigenvalue weighted by molar-refractivity contribution is 4.77. The molecule has 0 aromatic heterocycles. The summed E-state index contributed by atoms with van der Waals surface area (Å²) in [5, 5.41) is 0. The first kappa shape index (κ1) is 10.0. The third-order valence-corrected chi connectivity index (χ3v) is 2.59. The number of unbranched alkanes of at least 4 members (excludes halogenated alkanes) is 1. The molecule has 0 aliphatic heterocycles. The van der Waals surface area contributed by atoms with Gasteiger partial charge in [0.1, 0.15) is 5.72 Å². The van der Waals surface area contributed by atoms with Gasteiger partial charge < -0.3 is 10.5 Å². The lowest BCUT2D eigenvalue weighted by Gasteiger charge is -2.33. The van der Waals surface area contributed by atoms with Gasteiger partial charge >= 0.3 is 0 Å². The van der Waals surface area contributed by atoms with Crippen molar-refractivity contribution in [2.24, 2.45) is 5.73 Å². The van der Waals surface area contributed by atoms with E-state index >= 15 is 0 Å². The zero-order valence-corrected chi connectivity index (χ0v) is 8.14. The molecule has 0 aromatic rings. The van der Waals surface area contributed by atoms with Crippen LogP contribution < -0.4 is 5.73 Å². The van der Waals surface area contributed by atoms with E-state index in [4.69, 9.17) is 10.5 Å². The molecule has 0 atom stereocenters. The van der Waals surface area contributed by atoms with Gasteiger partial charge in [-0.1, -0.05) is 19.8 Å². The summed E-state index contributed by atoms with van der Waals surface area (Å²) in [4.78, 5) is 0. The Morgan fingerprint density at radius 1 is 1.25 bits per heavy atom. The van der Waals surface area contributed by atoms with Crippen LogP contribution in [0.15, 0.2) is 0 Å². The fraction of sp³-hybridized carbons (Fsp3) is 1.00. The molecule has 12 heavy (non-hydrogen) atoms. The van der Waals surface area contributed by atoms with Crippen LogP contribution in [0.1, 0.15) is 51.9 Å². The largest absolute Gasteiger partial charge is 0.361 e. The van der Waals surface area contributed by atoms with E-state index in [-0.39, 0.29) is 5.72 Å². The molecule has 1 aliphatic rings. The van der Waals surface area contributed by atoms with Crippen molar-refractivity contribution in [2.45, 2.75) is 57.6 Å². The molecule has 1 aliphatic carbocycles. The van der Waals surface area contributed by atoms with Gasteiger partial charge in [0.25, 0.3) is 0 Å². The summed E-state index contributed by atoms with van der Waals surface area (Å²) in [6.45, 7) is 3.01. The Labute approximate surface area is 75.5 Å². The second-order valence-corrected chi connectivity index (χ2v) is 3.83. The van der Waals surface area contributed by atoms with Crippen LogP contribution in [0.2, 0.25) is 0 Å². The molecule has 0 spiro atoms. The quantitative estimate of drug-likeness (QED) is 0.521. The van der Waals surface area contributed by atoms with Crippen LogP contribution >= 0.6 is 0 Å². The molecule has 2 heteroatoms. The molecule has 0 saturated heterocycles. The average Bonchev–Trinajstić information content (AvgIpc) is 2.06. The average molecular weight is 171 g/mol. The van der Waals surface area contributed by atoms with Gasteiger partial charge in [0.15, 0.2) is 0 Å². The molecule has 1 saturated carbocycles. The van der Waals surface area contributed by atoms with Crippen LogP contribution in [0.25, 0.3) is 0 Å². The molecular formula is C10H21NO. The third-order valence-electron chi connectivity index (χ3n) is 2.59. The summed E-state index contributed by atoms with van der Waals surface area (Å²) in [5.74, 6) is 0. The van der Waals surface area contributed by atoms with Gasteiger partial charge in [-0.05, 0) is 32.1 Å². The van der Waals surface area contributed by atoms with E-state index in [2.05, 4.69) is 6.92 Å². The van der Waals surface area contributed by atoms with E-state index < -0.39 is 0 Å². The Morgan fingerprint density at radius 3 is 2.50 bits per heavy atom. The number of rotatable bonds is 4. The molecule has 2 nitrogen and oxygen atoms in total. The van der Waals surface area contributed by atoms with E-state index in [9.17, 15) is 0 Å². The highest BCUT2D eigenvalue weighted by Crippen LogP contribution is 2.26. The molecule has 0 heterocycles. The van der Waals surface area contributed by atoms with Crippen LogP contribution in [0.4, 0.5) is 0 Å². The van der Waals surface area contributed by atoms with Gasteiger partial charge in [0.05, 0.1) is 0 Å². The van der Waals surface area contributed by atoms with Gasteiger partial charge in [-0.3, -0.25) is 0 Å². The van der Waals surface area contributed by atoms with Crippen LogP contribution in [0.5, 0.6) is 0 Å². The lowest BCUT2D eigenvalue weighted by molar-refractivity contribution is -0.0665. The van der Waals surface area contributed by atoms with E-state index in [1.165, 1.54) is 25.7 Å². The van der Waals surface area contributed by atoms with Gasteiger partial charge in [-0.25, -0.2) is 0 Å². The van der Waals surface area contributed by atoms with Gasteiger partial charge in [-0.2, -0.15) is 0 Å². The number of hydrogen-bond donors (Lipinski definition) is 1. The first-order chi connectivity index (χ1) is 5.77. The van der Waals surface area contributed by atoms with Crippen molar-refractivity contribution in [1.29, 1.82) is 0 Å². The monoisotopic (exact) mass is 171 g/mol. The molecule has 0 amide bonds. The summed E-state index contributed by atoms with van der Waals surface area (Å²) in [6, 6.07) is 0. The Bertz CT molecular complexity index is 119. The van der Waals surface area contributed by atoms with Crippen molar-refractivity contribution < 1.29 is 4.74 Å². The summed E-state index contributed by atoms with van der Waals surface area (Å²) >= 11 is 0. The minimum Gasteiger partial charge on any atom is -0.361 e. The molecule has 0 radical (unpaired) electrons. The van der Waals surface area contributed by atoms with Crippen molar-refractivity contribution in [3.63, 3.8) is 0 Å². The summed E-state index contributed by atoms with van der Waals surface area (Å²) in [6.07, 6.45) is 8.24. The number of ether oxygens (including phenoxy) is 1. The predicted octanol–water partition coefficient (Wildman–Crippen LogP) is 2.42. The fourth-order valence-electron chi connectivity index (χ4n) is 1.71. The first-order valence-corrected chi connectivity index (χ1v) is 5.20. The second-order valence-electron chi connectivity index (χ2n) is 3.83.